The normalized spacial score (nSPS) is 16.9. The molecule has 0 amide bonds. The molecule has 0 aliphatic rings. The molecule has 7 heteroatoms. The average Bonchev–Trinajstić information content (AvgIpc) is 2.36. The third kappa shape index (κ3) is 3.19. The molecule has 2 atom stereocenters. The van der Waals surface area contributed by atoms with Crippen LogP contribution >= 0.6 is 34.8 Å². The molecule has 1 rings (SSSR count). The molecule has 1 aromatic carbocycles. The van der Waals surface area contributed by atoms with E-state index in [0.29, 0.717) is 5.02 Å². The van der Waals surface area contributed by atoms with Gasteiger partial charge in [0.05, 0.1) is 0 Å². The zero-order chi connectivity index (χ0) is 14.8. The smallest absolute Gasteiger partial charge is 0.175 e. The first-order valence-electron chi connectivity index (χ1n) is 5.73. The summed E-state index contributed by atoms with van der Waals surface area (Å²) in [6.07, 6.45) is -1.36. The highest BCUT2D eigenvalue weighted by atomic mass is 35.5. The number of hydrogen-bond acceptors (Lipinski definition) is 3. The Bertz CT molecular complexity index is 559. The van der Waals surface area contributed by atoms with Crippen molar-refractivity contribution < 1.29 is 13.5 Å². The summed E-state index contributed by atoms with van der Waals surface area (Å²) >= 11 is 17.9. The Balaban J connectivity index is 3.34. The fraction of sp³-hybridized carbons (Fsp3) is 0.500. The molecule has 0 saturated heterocycles. The van der Waals surface area contributed by atoms with Crippen LogP contribution in [0.3, 0.4) is 0 Å². The van der Waals surface area contributed by atoms with Crippen molar-refractivity contribution in [3.8, 4) is 0 Å². The van der Waals surface area contributed by atoms with Gasteiger partial charge in [0, 0.05) is 21.4 Å². The molecule has 19 heavy (non-hydrogen) atoms. The van der Waals surface area contributed by atoms with Crippen LogP contribution < -0.4 is 0 Å². The highest BCUT2D eigenvalue weighted by molar-refractivity contribution is 7.94. The van der Waals surface area contributed by atoms with Gasteiger partial charge in [-0.2, -0.15) is 0 Å². The van der Waals surface area contributed by atoms with Gasteiger partial charge < -0.3 is 5.11 Å². The molecule has 0 saturated carbocycles. The molecule has 3 nitrogen and oxygen atoms in total. The lowest BCUT2D eigenvalue weighted by atomic mass is 10.0. The largest absolute Gasteiger partial charge is 0.385 e. The molecule has 0 unspecified atom stereocenters. The number of rotatable bonds is 5. The van der Waals surface area contributed by atoms with Gasteiger partial charge in [-0.05, 0) is 18.6 Å². The molecular formula is C12H15Cl3O3S. The van der Waals surface area contributed by atoms with Crippen molar-refractivity contribution in [2.45, 2.75) is 30.6 Å². The summed E-state index contributed by atoms with van der Waals surface area (Å²) in [5, 5.41) is 10.9. The standard InChI is InChI=1S/C12H15Cl3O3S/c1-3-12(15,19(17,18)4-2)11(16)9-6-5-8(13)7-10(9)14/h5-7,11,16H,3-4H2,1-2H3/t11-,12-/m0/s1. The first-order valence-corrected chi connectivity index (χ1v) is 8.52. The van der Waals surface area contributed by atoms with Gasteiger partial charge in [0.15, 0.2) is 14.0 Å². The van der Waals surface area contributed by atoms with E-state index in [2.05, 4.69) is 0 Å². The number of sulfone groups is 1. The maximum atomic E-state index is 12.1. The summed E-state index contributed by atoms with van der Waals surface area (Å²) < 4.78 is 22.4. The van der Waals surface area contributed by atoms with Crippen LogP contribution in [0.4, 0.5) is 0 Å². The van der Waals surface area contributed by atoms with E-state index in [0.717, 1.165) is 0 Å². The third-order valence-electron chi connectivity index (χ3n) is 3.04. The Kier molecular flexibility index (Phi) is 5.55. The lowest BCUT2D eigenvalue weighted by Crippen LogP contribution is -2.39. The molecule has 0 heterocycles. The Hall–Kier alpha value is -0.000000000000000111. The number of hydrogen-bond donors (Lipinski definition) is 1. The zero-order valence-electron chi connectivity index (χ0n) is 10.5. The van der Waals surface area contributed by atoms with Crippen molar-refractivity contribution in [3.63, 3.8) is 0 Å². The second-order valence-corrected chi connectivity index (χ2v) is 8.39. The minimum absolute atomic E-state index is 0.0604. The first-order chi connectivity index (χ1) is 8.69. The van der Waals surface area contributed by atoms with Crippen LogP contribution in [0.15, 0.2) is 18.2 Å². The van der Waals surface area contributed by atoms with Crippen molar-refractivity contribution in [1.29, 1.82) is 0 Å². The number of aliphatic hydroxyl groups is 1. The van der Waals surface area contributed by atoms with E-state index in [9.17, 15) is 13.5 Å². The van der Waals surface area contributed by atoms with Crippen molar-refractivity contribution in [1.82, 2.24) is 0 Å². The second kappa shape index (κ2) is 6.19. The molecule has 0 aromatic heterocycles. The van der Waals surface area contributed by atoms with Gasteiger partial charge in [0.1, 0.15) is 6.10 Å². The molecule has 1 aromatic rings. The Morgan fingerprint density at radius 3 is 2.32 bits per heavy atom. The van der Waals surface area contributed by atoms with Crippen LogP contribution in [0.1, 0.15) is 31.9 Å². The monoisotopic (exact) mass is 344 g/mol. The topological polar surface area (TPSA) is 54.4 Å². The maximum Gasteiger partial charge on any atom is 0.175 e. The molecule has 0 bridgehead atoms. The number of aliphatic hydroxyl groups excluding tert-OH is 1. The predicted octanol–water partition coefficient (Wildman–Crippen LogP) is 3.81. The Morgan fingerprint density at radius 1 is 1.32 bits per heavy atom. The van der Waals surface area contributed by atoms with Crippen LogP contribution in [0.5, 0.6) is 0 Å². The minimum atomic E-state index is -3.66. The summed E-state index contributed by atoms with van der Waals surface area (Å²) in [5.41, 5.74) is 0.250. The summed E-state index contributed by atoms with van der Waals surface area (Å²) in [6.45, 7) is 3.09. The van der Waals surface area contributed by atoms with E-state index < -0.39 is 20.1 Å². The summed E-state index contributed by atoms with van der Waals surface area (Å²) in [6, 6.07) is 4.44. The predicted molar refractivity (Wildman–Crippen MR) is 79.8 cm³/mol. The molecule has 0 aliphatic carbocycles. The Morgan fingerprint density at radius 2 is 1.89 bits per heavy atom. The zero-order valence-corrected chi connectivity index (χ0v) is 13.6. The number of halogens is 3. The molecule has 0 radical (unpaired) electrons. The van der Waals surface area contributed by atoms with E-state index in [1.165, 1.54) is 25.1 Å². The van der Waals surface area contributed by atoms with Gasteiger partial charge in [-0.25, -0.2) is 8.42 Å². The van der Waals surface area contributed by atoms with E-state index in [1.807, 2.05) is 0 Å². The van der Waals surface area contributed by atoms with E-state index >= 15 is 0 Å². The first kappa shape index (κ1) is 17.1. The van der Waals surface area contributed by atoms with Gasteiger partial charge in [0.25, 0.3) is 0 Å². The Labute approximate surface area is 128 Å². The summed E-state index contributed by atoms with van der Waals surface area (Å²) in [5.74, 6) is -0.160. The summed E-state index contributed by atoms with van der Waals surface area (Å²) in [7, 11) is -3.66. The SMILES string of the molecule is CC[C@@](Cl)([C@@H](O)c1ccc(Cl)cc1Cl)S(=O)(=O)CC. The fourth-order valence-electron chi connectivity index (χ4n) is 1.78. The molecule has 0 fully saturated rings. The van der Waals surface area contributed by atoms with Crippen LogP contribution in [0.25, 0.3) is 0 Å². The number of benzene rings is 1. The van der Waals surface area contributed by atoms with Gasteiger partial charge in [0.2, 0.25) is 0 Å². The van der Waals surface area contributed by atoms with Crippen LogP contribution in [-0.2, 0) is 9.84 Å². The minimum Gasteiger partial charge on any atom is -0.385 e. The molecule has 108 valence electrons. The highest BCUT2D eigenvalue weighted by Gasteiger charge is 2.47. The maximum absolute atomic E-state index is 12.1. The molecule has 0 spiro atoms. The van der Waals surface area contributed by atoms with E-state index in [4.69, 9.17) is 34.8 Å². The van der Waals surface area contributed by atoms with Crippen LogP contribution in [0, 0.1) is 0 Å². The lowest BCUT2D eigenvalue weighted by molar-refractivity contribution is 0.154. The van der Waals surface area contributed by atoms with Crippen molar-refractivity contribution >= 4 is 44.6 Å². The van der Waals surface area contributed by atoms with Crippen LogP contribution in [-0.4, -0.2) is 23.5 Å². The third-order valence-corrected chi connectivity index (χ3v) is 7.09. The number of alkyl halides is 1. The summed E-state index contributed by atoms with van der Waals surface area (Å²) in [4.78, 5) is 0. The lowest BCUT2D eigenvalue weighted by Gasteiger charge is -2.31. The van der Waals surface area contributed by atoms with E-state index in [1.54, 1.807) is 6.92 Å². The molecule has 1 N–H and O–H groups in total. The molecular weight excluding hydrogens is 331 g/mol. The molecule has 0 aliphatic heterocycles. The van der Waals surface area contributed by atoms with Gasteiger partial charge in [-0.3, -0.25) is 0 Å². The van der Waals surface area contributed by atoms with Gasteiger partial charge in [-0.15, -0.1) is 0 Å². The highest BCUT2D eigenvalue weighted by Crippen LogP contribution is 2.42. The fourth-order valence-corrected chi connectivity index (χ4v) is 4.12. The van der Waals surface area contributed by atoms with Gasteiger partial charge >= 0.3 is 0 Å². The van der Waals surface area contributed by atoms with Crippen molar-refractivity contribution in [2.24, 2.45) is 0 Å². The van der Waals surface area contributed by atoms with Crippen molar-refractivity contribution in [3.05, 3.63) is 33.8 Å². The second-order valence-electron chi connectivity index (χ2n) is 4.11. The van der Waals surface area contributed by atoms with Crippen molar-refractivity contribution in [2.75, 3.05) is 5.75 Å². The van der Waals surface area contributed by atoms with Gasteiger partial charge in [-0.1, -0.05) is 54.7 Å². The quantitative estimate of drug-likeness (QED) is 0.826. The van der Waals surface area contributed by atoms with E-state index in [-0.39, 0.29) is 22.8 Å². The average molecular weight is 346 g/mol. The van der Waals surface area contributed by atoms with Crippen LogP contribution in [0.2, 0.25) is 10.0 Å².